The van der Waals surface area contributed by atoms with Gasteiger partial charge >= 0.3 is 0 Å². The normalized spacial score (nSPS) is 19.4. The van der Waals surface area contributed by atoms with Crippen LogP contribution in [0.1, 0.15) is 44.6 Å². The van der Waals surface area contributed by atoms with E-state index in [1.165, 1.54) is 37.7 Å². The molecule has 22 heavy (non-hydrogen) atoms. The van der Waals surface area contributed by atoms with Gasteiger partial charge in [0, 0.05) is 18.1 Å². The molecule has 0 heterocycles. The number of aliphatic hydroxyl groups is 1. The molecule has 1 saturated carbocycles. The molecule has 0 aliphatic heterocycles. The molecule has 1 aliphatic rings. The van der Waals surface area contributed by atoms with Crippen LogP contribution in [0.4, 0.5) is 0 Å². The maximum atomic E-state index is 10.2. The molecule has 1 fully saturated rings. The van der Waals surface area contributed by atoms with E-state index in [0.29, 0.717) is 6.54 Å². The molecule has 0 bridgehead atoms. The molecule has 0 unspecified atom stereocenters. The van der Waals surface area contributed by atoms with Gasteiger partial charge in [-0.05, 0) is 31.7 Å². The molecule has 0 radical (unpaired) electrons. The Morgan fingerprint density at radius 1 is 1.14 bits per heavy atom. The first kappa shape index (κ1) is 21.7. The molecule has 2 atom stereocenters. The number of halogens is 2. The van der Waals surface area contributed by atoms with Gasteiger partial charge in [-0.2, -0.15) is 0 Å². The van der Waals surface area contributed by atoms with Crippen molar-refractivity contribution >= 4 is 24.8 Å². The minimum absolute atomic E-state index is 0. The number of β-amino-alcohol motifs (C(OH)–C–C–N with tert-alkyl or cyclic N) is 1. The minimum Gasteiger partial charge on any atom is -0.390 e. The number of hydrogen-bond acceptors (Lipinski definition) is 3. The Bertz CT molecular complexity index is 397. The van der Waals surface area contributed by atoms with Crippen LogP contribution >= 0.6 is 24.8 Å². The van der Waals surface area contributed by atoms with Gasteiger partial charge in [0.15, 0.2) is 0 Å². The summed E-state index contributed by atoms with van der Waals surface area (Å²) in [6, 6.07) is 9.92. The van der Waals surface area contributed by atoms with Crippen LogP contribution in [-0.4, -0.2) is 29.3 Å². The second kappa shape index (κ2) is 10.5. The highest BCUT2D eigenvalue weighted by Crippen LogP contribution is 2.27. The van der Waals surface area contributed by atoms with Crippen molar-refractivity contribution in [3.63, 3.8) is 0 Å². The molecule has 2 rings (SSSR count). The van der Waals surface area contributed by atoms with Crippen molar-refractivity contribution in [3.05, 3.63) is 35.9 Å². The quantitative estimate of drug-likeness (QED) is 0.740. The Labute approximate surface area is 146 Å². The summed E-state index contributed by atoms with van der Waals surface area (Å²) in [5, 5.41) is 13.8. The smallest absolute Gasteiger partial charge is 0.0818 e. The van der Waals surface area contributed by atoms with E-state index in [1.54, 1.807) is 0 Å². The van der Waals surface area contributed by atoms with Crippen LogP contribution in [0, 0.1) is 0 Å². The van der Waals surface area contributed by atoms with Gasteiger partial charge in [-0.25, -0.2) is 0 Å². The topological polar surface area (TPSA) is 58.3 Å². The molecule has 0 amide bonds. The van der Waals surface area contributed by atoms with Crippen LogP contribution in [0.15, 0.2) is 30.3 Å². The molecule has 128 valence electrons. The van der Waals surface area contributed by atoms with E-state index < -0.39 is 6.10 Å². The fourth-order valence-corrected chi connectivity index (χ4v) is 3.03. The SMILES string of the molecule is CC1(NC[C@@H](O)[C@@H](N)Cc2ccccc2)CCCCC1.Cl.Cl. The summed E-state index contributed by atoms with van der Waals surface area (Å²) in [5.74, 6) is 0. The zero-order chi connectivity index (χ0) is 14.4. The second-order valence-corrected chi connectivity index (χ2v) is 6.42. The standard InChI is InChI=1S/C17H28N2O.2ClH/c1-17(10-6-3-7-11-17)19-13-16(20)15(18)12-14-8-4-2-5-9-14;;/h2,4-5,8-9,15-16,19-20H,3,6-7,10-13,18H2,1H3;2*1H/t15-,16+;;/m0../s1. The van der Waals surface area contributed by atoms with Crippen molar-refractivity contribution in [2.75, 3.05) is 6.54 Å². The number of benzene rings is 1. The molecule has 3 nitrogen and oxygen atoms in total. The lowest BCUT2D eigenvalue weighted by Crippen LogP contribution is -2.51. The lowest BCUT2D eigenvalue weighted by molar-refractivity contribution is 0.121. The first-order chi connectivity index (χ1) is 9.59. The fourth-order valence-electron chi connectivity index (χ4n) is 3.03. The Kier molecular flexibility index (Phi) is 10.3. The Hall–Kier alpha value is -0.320. The third kappa shape index (κ3) is 6.84. The summed E-state index contributed by atoms with van der Waals surface area (Å²) in [5.41, 5.74) is 7.49. The third-order valence-electron chi connectivity index (χ3n) is 4.50. The molecule has 1 aliphatic carbocycles. The van der Waals surface area contributed by atoms with Crippen molar-refractivity contribution in [2.45, 2.75) is 63.1 Å². The van der Waals surface area contributed by atoms with Crippen LogP contribution in [-0.2, 0) is 6.42 Å². The van der Waals surface area contributed by atoms with E-state index in [9.17, 15) is 5.11 Å². The molecule has 4 N–H and O–H groups in total. The first-order valence-electron chi connectivity index (χ1n) is 7.82. The third-order valence-corrected chi connectivity index (χ3v) is 4.50. The molecule has 0 spiro atoms. The summed E-state index contributed by atoms with van der Waals surface area (Å²) >= 11 is 0. The molecular formula is C17H30Cl2N2O. The predicted octanol–water partition coefficient (Wildman–Crippen LogP) is 3.07. The zero-order valence-corrected chi connectivity index (χ0v) is 15.0. The van der Waals surface area contributed by atoms with Gasteiger partial charge in [0.2, 0.25) is 0 Å². The number of hydrogen-bond donors (Lipinski definition) is 3. The van der Waals surface area contributed by atoms with Gasteiger partial charge in [0.1, 0.15) is 0 Å². The Morgan fingerprint density at radius 2 is 1.73 bits per heavy atom. The van der Waals surface area contributed by atoms with Crippen LogP contribution < -0.4 is 11.1 Å². The van der Waals surface area contributed by atoms with E-state index in [-0.39, 0.29) is 36.4 Å². The van der Waals surface area contributed by atoms with Crippen LogP contribution in [0.5, 0.6) is 0 Å². The number of nitrogens with two attached hydrogens (primary N) is 1. The monoisotopic (exact) mass is 348 g/mol. The zero-order valence-electron chi connectivity index (χ0n) is 13.3. The molecule has 1 aromatic rings. The van der Waals surface area contributed by atoms with Crippen LogP contribution in [0.2, 0.25) is 0 Å². The van der Waals surface area contributed by atoms with Gasteiger partial charge in [0.05, 0.1) is 6.10 Å². The van der Waals surface area contributed by atoms with Gasteiger partial charge < -0.3 is 16.2 Å². The fraction of sp³-hybridized carbons (Fsp3) is 0.647. The van der Waals surface area contributed by atoms with Crippen molar-refractivity contribution in [3.8, 4) is 0 Å². The van der Waals surface area contributed by atoms with Gasteiger partial charge in [-0.1, -0.05) is 49.6 Å². The van der Waals surface area contributed by atoms with Gasteiger partial charge in [-0.3, -0.25) is 0 Å². The van der Waals surface area contributed by atoms with Gasteiger partial charge in [-0.15, -0.1) is 24.8 Å². The Morgan fingerprint density at radius 3 is 2.32 bits per heavy atom. The van der Waals surface area contributed by atoms with E-state index in [4.69, 9.17) is 5.73 Å². The largest absolute Gasteiger partial charge is 0.390 e. The van der Waals surface area contributed by atoms with Crippen molar-refractivity contribution < 1.29 is 5.11 Å². The molecule has 0 aromatic heterocycles. The maximum Gasteiger partial charge on any atom is 0.0818 e. The maximum absolute atomic E-state index is 10.2. The van der Waals surface area contributed by atoms with Crippen molar-refractivity contribution in [1.82, 2.24) is 5.32 Å². The summed E-state index contributed by atoms with van der Waals surface area (Å²) < 4.78 is 0. The second-order valence-electron chi connectivity index (χ2n) is 6.42. The molecule has 0 saturated heterocycles. The highest BCUT2D eigenvalue weighted by atomic mass is 35.5. The summed E-state index contributed by atoms with van der Waals surface area (Å²) in [4.78, 5) is 0. The lowest BCUT2D eigenvalue weighted by atomic mass is 9.83. The van der Waals surface area contributed by atoms with Crippen LogP contribution in [0.25, 0.3) is 0 Å². The number of aliphatic hydroxyl groups excluding tert-OH is 1. The minimum atomic E-state index is -0.492. The molecular weight excluding hydrogens is 319 g/mol. The molecule has 1 aromatic carbocycles. The van der Waals surface area contributed by atoms with E-state index >= 15 is 0 Å². The predicted molar refractivity (Wildman–Crippen MR) is 98.1 cm³/mol. The average Bonchev–Trinajstić information content (AvgIpc) is 2.46. The highest BCUT2D eigenvalue weighted by Gasteiger charge is 2.27. The first-order valence-corrected chi connectivity index (χ1v) is 7.82. The Balaban J connectivity index is 0.00000220. The van der Waals surface area contributed by atoms with E-state index in [1.807, 2.05) is 18.2 Å². The molecule has 5 heteroatoms. The van der Waals surface area contributed by atoms with E-state index in [2.05, 4.69) is 24.4 Å². The van der Waals surface area contributed by atoms with Crippen molar-refractivity contribution in [1.29, 1.82) is 0 Å². The van der Waals surface area contributed by atoms with E-state index in [0.717, 1.165) is 6.42 Å². The lowest BCUT2D eigenvalue weighted by Gasteiger charge is -2.36. The number of rotatable bonds is 6. The average molecular weight is 349 g/mol. The summed E-state index contributed by atoms with van der Waals surface area (Å²) in [6.45, 7) is 2.85. The summed E-state index contributed by atoms with van der Waals surface area (Å²) in [7, 11) is 0. The number of nitrogens with one attached hydrogen (secondary N) is 1. The van der Waals surface area contributed by atoms with Gasteiger partial charge in [0.25, 0.3) is 0 Å². The highest BCUT2D eigenvalue weighted by molar-refractivity contribution is 5.85. The van der Waals surface area contributed by atoms with Crippen molar-refractivity contribution in [2.24, 2.45) is 5.73 Å². The van der Waals surface area contributed by atoms with Crippen LogP contribution in [0.3, 0.4) is 0 Å². The summed E-state index contributed by atoms with van der Waals surface area (Å²) in [6.07, 6.45) is 6.55.